The molecule has 0 saturated carbocycles. The highest BCUT2D eigenvalue weighted by atomic mass is 32.2. The molecule has 362 valence electrons. The monoisotopic (exact) mass is 1030 g/mol. The summed E-state index contributed by atoms with van der Waals surface area (Å²) in [5.74, 6) is -0.530. The third-order valence-corrected chi connectivity index (χ3v) is 16.7. The number of benzene rings is 2. The second-order valence-corrected chi connectivity index (χ2v) is 22.3. The van der Waals surface area contributed by atoms with Crippen molar-refractivity contribution in [2.45, 2.75) is 57.9 Å². The van der Waals surface area contributed by atoms with Crippen molar-refractivity contribution in [1.82, 2.24) is 34.5 Å². The van der Waals surface area contributed by atoms with Crippen LogP contribution in [0.4, 0.5) is 15.1 Å². The van der Waals surface area contributed by atoms with Crippen molar-refractivity contribution in [3.63, 3.8) is 0 Å². The van der Waals surface area contributed by atoms with Crippen LogP contribution in [0.25, 0.3) is 0 Å². The van der Waals surface area contributed by atoms with Gasteiger partial charge in [0.25, 0.3) is 17.7 Å². The van der Waals surface area contributed by atoms with Gasteiger partial charge in [0.15, 0.2) is 10.3 Å². The number of anilines is 2. The molecule has 0 bridgehead atoms. The van der Waals surface area contributed by atoms with Gasteiger partial charge in [0, 0.05) is 98.0 Å². The quantitative estimate of drug-likeness (QED) is 0.102. The van der Waals surface area contributed by atoms with Crippen LogP contribution in [0.1, 0.15) is 66.0 Å². The van der Waals surface area contributed by atoms with Crippen LogP contribution in [0, 0.1) is 13.8 Å². The molecule has 0 spiro atoms. The second-order valence-electron chi connectivity index (χ2n) is 16.5. The van der Waals surface area contributed by atoms with Crippen LogP contribution in [-0.4, -0.2) is 143 Å². The van der Waals surface area contributed by atoms with E-state index < -0.39 is 0 Å². The first-order chi connectivity index (χ1) is 33.0. The smallest absolute Gasteiger partial charge is 0.323 e. The normalized spacial score (nSPS) is 15.0. The van der Waals surface area contributed by atoms with Gasteiger partial charge in [-0.1, -0.05) is 65.4 Å². The molecule has 1 atom stereocenters. The summed E-state index contributed by atoms with van der Waals surface area (Å²) in [6, 6.07) is 8.91. The van der Waals surface area contributed by atoms with Crippen LogP contribution in [-0.2, 0) is 16.0 Å². The highest BCUT2D eigenvalue weighted by Crippen LogP contribution is 2.41. The Morgan fingerprint density at radius 1 is 0.783 bits per heavy atom. The zero-order valence-corrected chi connectivity index (χ0v) is 43.2. The number of urea groups is 1. The standard InChI is InChI=1S/C48H53N9O7S5/c1-9-39(58)54-14-16-55(17-15-54)44(61)34-22-37(29(4)18-28(34)3)66-41-24-49-46(68-41)51-43(60)32-20-33(65-27-32)19-31-21-36(64-8)35(45(62)56-12-11-13-57(30(5)26-56)40(59)10-2)23-38(31)67-42-25-50-47(69-42)52-48(63)53(6)7/h9-10,18,20-25,27,30H,1-2,11-17,19,26H2,3-8H3,(H,49,51,60)(H,50,52,63)/t30-/m1/s1. The van der Waals surface area contributed by atoms with Gasteiger partial charge in [-0.2, -0.15) is 0 Å². The Morgan fingerprint density at radius 3 is 2.06 bits per heavy atom. The van der Waals surface area contributed by atoms with Gasteiger partial charge in [-0.25, -0.2) is 14.8 Å². The van der Waals surface area contributed by atoms with E-state index in [4.69, 9.17) is 4.74 Å². The third kappa shape index (κ3) is 12.2. The fraction of sp³-hybridized carbons (Fsp3) is 0.333. The number of nitrogens with zero attached hydrogens (tertiary/aromatic N) is 7. The Morgan fingerprint density at radius 2 is 1.41 bits per heavy atom. The maximum atomic E-state index is 14.3. The summed E-state index contributed by atoms with van der Waals surface area (Å²) in [4.78, 5) is 98.5. The molecule has 0 radical (unpaired) electrons. The second kappa shape index (κ2) is 22.6. The summed E-state index contributed by atoms with van der Waals surface area (Å²) >= 11 is 6.96. The highest BCUT2D eigenvalue weighted by molar-refractivity contribution is 8.01. The first-order valence-electron chi connectivity index (χ1n) is 21.9. The van der Waals surface area contributed by atoms with Crippen LogP contribution >= 0.6 is 57.5 Å². The fourth-order valence-corrected chi connectivity index (χ4v) is 12.6. The van der Waals surface area contributed by atoms with Gasteiger partial charge in [0.1, 0.15) is 5.75 Å². The molecule has 69 heavy (non-hydrogen) atoms. The fourth-order valence-electron chi connectivity index (χ4n) is 7.83. The number of thiazole rings is 2. The Kier molecular flexibility index (Phi) is 16.7. The van der Waals surface area contributed by atoms with E-state index in [0.29, 0.717) is 91.4 Å². The first kappa shape index (κ1) is 50.9. The zero-order valence-electron chi connectivity index (χ0n) is 39.2. The SMILES string of the molecule is C=CC(=O)N1CCN(C(=O)c2cc(Sc3cnc(NC(=O)c4csc(Cc5cc(OC)c(C(=O)N6CCCN(C(=O)C=C)[C@H](C)C6)cc5Sc5cnc(NC(=O)N(C)C)s5)c4)s3)c(C)cc2C)CC1. The number of ether oxygens (including phenoxy) is 1. The van der Waals surface area contributed by atoms with Crippen LogP contribution in [0.3, 0.4) is 0 Å². The molecule has 7 amide bonds. The topological polar surface area (TPSA) is 178 Å². The lowest BCUT2D eigenvalue weighted by Gasteiger charge is -2.34. The van der Waals surface area contributed by atoms with Gasteiger partial charge in [0.2, 0.25) is 11.8 Å². The van der Waals surface area contributed by atoms with Gasteiger partial charge in [0.05, 0.1) is 39.0 Å². The number of rotatable bonds is 14. The largest absolute Gasteiger partial charge is 0.496 e. The molecule has 2 fully saturated rings. The molecule has 2 aromatic carbocycles. The van der Waals surface area contributed by atoms with Crippen molar-refractivity contribution in [3.05, 3.63) is 112 Å². The Balaban J connectivity index is 1.06. The van der Waals surface area contributed by atoms with Crippen LogP contribution < -0.4 is 15.4 Å². The minimum Gasteiger partial charge on any atom is -0.496 e. The molecular formula is C48H53N9O7S5. The summed E-state index contributed by atoms with van der Waals surface area (Å²) in [6.45, 7) is 16.2. The Labute approximate surface area is 421 Å². The van der Waals surface area contributed by atoms with Gasteiger partial charge in [-0.3, -0.25) is 34.6 Å². The van der Waals surface area contributed by atoms with Crippen LogP contribution in [0.15, 0.2) is 91.6 Å². The van der Waals surface area contributed by atoms with E-state index in [-0.39, 0.29) is 41.6 Å². The molecule has 0 aliphatic carbocycles. The number of hydrogen-bond donors (Lipinski definition) is 2. The molecule has 5 aromatic rings. The maximum Gasteiger partial charge on any atom is 0.323 e. The summed E-state index contributed by atoms with van der Waals surface area (Å²) in [5.41, 5.74) is 4.17. The van der Waals surface area contributed by atoms with Gasteiger partial charge < -0.3 is 29.2 Å². The van der Waals surface area contributed by atoms with Crippen molar-refractivity contribution < 1.29 is 33.5 Å². The number of aromatic nitrogens is 2. The van der Waals surface area contributed by atoms with Gasteiger partial charge >= 0.3 is 6.03 Å². The third-order valence-electron chi connectivity index (χ3n) is 11.5. The number of carbonyl (C=O) groups is 6. The predicted molar refractivity (Wildman–Crippen MR) is 274 cm³/mol. The average Bonchev–Trinajstić information content (AvgIpc) is 4.09. The van der Waals surface area contributed by atoms with E-state index in [1.807, 2.05) is 51.1 Å². The van der Waals surface area contributed by atoms with Gasteiger partial charge in [-0.05, 0) is 80.3 Å². The molecule has 2 aliphatic rings. The number of methoxy groups -OCH3 is 1. The maximum absolute atomic E-state index is 14.3. The lowest BCUT2D eigenvalue weighted by Crippen LogP contribution is -2.50. The van der Waals surface area contributed by atoms with Crippen molar-refractivity contribution >= 4 is 103 Å². The summed E-state index contributed by atoms with van der Waals surface area (Å²) in [5, 5.41) is 8.38. The number of amides is 7. The van der Waals surface area contributed by atoms with E-state index >= 15 is 0 Å². The zero-order chi connectivity index (χ0) is 49.5. The molecule has 5 heterocycles. The molecule has 2 aliphatic heterocycles. The van der Waals surface area contributed by atoms with Crippen molar-refractivity contribution in [1.29, 1.82) is 0 Å². The summed E-state index contributed by atoms with van der Waals surface area (Å²) < 4.78 is 7.48. The van der Waals surface area contributed by atoms with Crippen molar-refractivity contribution in [3.8, 4) is 5.75 Å². The van der Waals surface area contributed by atoms with Crippen molar-refractivity contribution in [2.75, 3.05) is 77.7 Å². The van der Waals surface area contributed by atoms with Gasteiger partial charge in [-0.15, -0.1) is 11.3 Å². The lowest BCUT2D eigenvalue weighted by molar-refractivity contribution is -0.128. The molecular weight excluding hydrogens is 975 g/mol. The molecule has 3 aromatic heterocycles. The van der Waals surface area contributed by atoms with Crippen LogP contribution in [0.2, 0.25) is 0 Å². The van der Waals surface area contributed by atoms with E-state index in [0.717, 1.165) is 39.8 Å². The van der Waals surface area contributed by atoms with Crippen LogP contribution in [0.5, 0.6) is 5.75 Å². The Bertz CT molecular complexity index is 2790. The van der Waals surface area contributed by atoms with E-state index in [1.54, 1.807) is 51.5 Å². The van der Waals surface area contributed by atoms with E-state index in [2.05, 4.69) is 33.8 Å². The minimum atomic E-state index is -0.317. The van der Waals surface area contributed by atoms with Crippen molar-refractivity contribution in [2.24, 2.45) is 0 Å². The molecule has 2 N–H and O–H groups in total. The predicted octanol–water partition coefficient (Wildman–Crippen LogP) is 8.24. The number of nitrogens with one attached hydrogen (secondary N) is 2. The number of aryl methyl sites for hydroxylation is 2. The molecule has 7 rings (SSSR count). The molecule has 2 saturated heterocycles. The highest BCUT2D eigenvalue weighted by Gasteiger charge is 2.30. The molecule has 0 unspecified atom stereocenters. The lowest BCUT2D eigenvalue weighted by atomic mass is 10.0. The number of carbonyl (C=O) groups excluding carboxylic acids is 6. The average molecular weight is 1030 g/mol. The van der Waals surface area contributed by atoms with E-state index in [1.165, 1.54) is 81.7 Å². The number of hydrogen-bond acceptors (Lipinski definition) is 14. The Hall–Kier alpha value is -6.00. The minimum absolute atomic E-state index is 0.0792. The van der Waals surface area contributed by atoms with E-state index in [9.17, 15) is 28.8 Å². The molecule has 21 heteroatoms. The number of piperazine rings is 1. The summed E-state index contributed by atoms with van der Waals surface area (Å²) in [6.07, 6.45) is 7.00. The first-order valence-corrected chi connectivity index (χ1v) is 26.1. The number of thiophene rings is 1. The molecule has 16 nitrogen and oxygen atoms in total. The summed E-state index contributed by atoms with van der Waals surface area (Å²) in [7, 11) is 4.82.